The number of methoxy groups -OCH3 is 1. The highest BCUT2D eigenvalue weighted by molar-refractivity contribution is 5.83. The van der Waals surface area contributed by atoms with E-state index in [9.17, 15) is 9.59 Å². The Bertz CT molecular complexity index is 980. The molecule has 8 heteroatoms. The number of hydrogen-bond acceptors (Lipinski definition) is 8. The van der Waals surface area contributed by atoms with Gasteiger partial charge < -0.3 is 29.1 Å². The van der Waals surface area contributed by atoms with Crippen LogP contribution in [0.1, 0.15) is 31.1 Å². The highest BCUT2D eigenvalue weighted by Crippen LogP contribution is 2.45. The number of aryl methyl sites for hydroxylation is 1. The molecule has 0 aliphatic carbocycles. The lowest BCUT2D eigenvalue weighted by molar-refractivity contribution is -0.237. The fraction of sp³-hybridized carbons (Fsp3) is 0.474. The standard InChI is InChI=1S/C19H21NO7/c1-8-10(6-5-9-7-11(20)17(21)24-12(8)9)13-14-15(26-18(22)25-14)16(23-4)19(2,3)27-13/h5-7,13-16H,20H2,1-4H3/t13-,14-,15-,16+/m0/s1. The number of carbonyl (C=O) groups is 1. The highest BCUT2D eigenvalue weighted by atomic mass is 16.8. The van der Waals surface area contributed by atoms with Crippen molar-refractivity contribution < 1.29 is 28.2 Å². The Balaban J connectivity index is 1.84. The van der Waals surface area contributed by atoms with E-state index in [2.05, 4.69) is 0 Å². The van der Waals surface area contributed by atoms with E-state index < -0.39 is 41.8 Å². The Kier molecular flexibility index (Phi) is 3.94. The lowest BCUT2D eigenvalue weighted by Gasteiger charge is -2.46. The summed E-state index contributed by atoms with van der Waals surface area (Å²) in [5.74, 6) is 0. The molecule has 2 aromatic rings. The molecule has 0 radical (unpaired) electrons. The Hall–Kier alpha value is -2.58. The predicted octanol–water partition coefficient (Wildman–Crippen LogP) is 2.45. The normalized spacial score (nSPS) is 29.3. The minimum atomic E-state index is -0.754. The van der Waals surface area contributed by atoms with Crippen molar-refractivity contribution >= 4 is 22.8 Å². The molecule has 1 aromatic heterocycles. The van der Waals surface area contributed by atoms with E-state index in [0.29, 0.717) is 16.5 Å². The molecule has 144 valence electrons. The third-order valence-corrected chi connectivity index (χ3v) is 5.28. The van der Waals surface area contributed by atoms with E-state index in [1.807, 2.05) is 26.8 Å². The van der Waals surface area contributed by atoms with Gasteiger partial charge in [-0.25, -0.2) is 9.59 Å². The molecular weight excluding hydrogens is 354 g/mol. The Morgan fingerprint density at radius 1 is 1.15 bits per heavy atom. The monoisotopic (exact) mass is 375 g/mol. The molecule has 3 heterocycles. The first-order valence-electron chi connectivity index (χ1n) is 8.63. The number of benzene rings is 1. The molecule has 0 saturated carbocycles. The van der Waals surface area contributed by atoms with E-state index in [1.165, 1.54) is 0 Å². The topological polar surface area (TPSA) is 110 Å². The molecule has 0 bridgehead atoms. The van der Waals surface area contributed by atoms with Gasteiger partial charge in [0.05, 0.1) is 5.60 Å². The average Bonchev–Trinajstić information content (AvgIpc) is 2.97. The quantitative estimate of drug-likeness (QED) is 0.629. The first kappa shape index (κ1) is 17.8. The molecular formula is C19H21NO7. The second kappa shape index (κ2) is 5.97. The van der Waals surface area contributed by atoms with E-state index >= 15 is 0 Å². The number of ether oxygens (including phenoxy) is 4. The number of anilines is 1. The van der Waals surface area contributed by atoms with Crippen LogP contribution in [0.3, 0.4) is 0 Å². The lowest BCUT2D eigenvalue weighted by Crippen LogP contribution is -2.58. The summed E-state index contributed by atoms with van der Waals surface area (Å²) in [6.45, 7) is 5.56. The van der Waals surface area contributed by atoms with Crippen molar-refractivity contribution in [3.05, 3.63) is 39.7 Å². The van der Waals surface area contributed by atoms with Crippen molar-refractivity contribution in [3.8, 4) is 0 Å². The molecule has 2 saturated heterocycles. The molecule has 0 unspecified atom stereocenters. The Morgan fingerprint density at radius 3 is 2.56 bits per heavy atom. The maximum absolute atomic E-state index is 11.9. The summed E-state index contributed by atoms with van der Waals surface area (Å²) in [6, 6.07) is 5.22. The average molecular weight is 375 g/mol. The Labute approximate surface area is 155 Å². The van der Waals surface area contributed by atoms with Gasteiger partial charge in [-0.15, -0.1) is 0 Å². The van der Waals surface area contributed by atoms with Crippen LogP contribution in [-0.4, -0.2) is 37.2 Å². The summed E-state index contributed by atoms with van der Waals surface area (Å²) in [6.07, 6.45) is -3.12. The SMILES string of the molecule is CO[C@@H]1[C@H]2OC(=O)O[C@H]2[C@H](c2ccc3cc(N)c(=O)oc3c2C)OC1(C)C. The van der Waals surface area contributed by atoms with Gasteiger partial charge in [-0.2, -0.15) is 0 Å². The van der Waals surface area contributed by atoms with Crippen molar-refractivity contribution in [2.24, 2.45) is 0 Å². The van der Waals surface area contributed by atoms with Crippen LogP contribution in [0.25, 0.3) is 11.0 Å². The van der Waals surface area contributed by atoms with E-state index in [0.717, 1.165) is 5.56 Å². The van der Waals surface area contributed by atoms with Gasteiger partial charge >= 0.3 is 11.8 Å². The molecule has 1 aromatic carbocycles. The number of hydrogen-bond donors (Lipinski definition) is 1. The van der Waals surface area contributed by atoms with Gasteiger partial charge in [0.1, 0.15) is 23.5 Å². The van der Waals surface area contributed by atoms with Crippen LogP contribution in [0.15, 0.2) is 27.4 Å². The fourth-order valence-electron chi connectivity index (χ4n) is 4.03. The zero-order valence-electron chi connectivity index (χ0n) is 15.5. The summed E-state index contributed by atoms with van der Waals surface area (Å²) in [5, 5.41) is 0.703. The van der Waals surface area contributed by atoms with Crippen molar-refractivity contribution in [2.75, 3.05) is 12.8 Å². The highest BCUT2D eigenvalue weighted by Gasteiger charge is 2.58. The van der Waals surface area contributed by atoms with Crippen LogP contribution in [0.4, 0.5) is 10.5 Å². The van der Waals surface area contributed by atoms with E-state index in [1.54, 1.807) is 19.2 Å². The van der Waals surface area contributed by atoms with Crippen LogP contribution in [0.2, 0.25) is 0 Å². The van der Waals surface area contributed by atoms with Crippen molar-refractivity contribution in [3.63, 3.8) is 0 Å². The summed E-state index contributed by atoms with van der Waals surface area (Å²) in [7, 11) is 1.54. The molecule has 27 heavy (non-hydrogen) atoms. The van der Waals surface area contributed by atoms with Gasteiger partial charge in [-0.05, 0) is 38.0 Å². The minimum Gasteiger partial charge on any atom is -0.424 e. The van der Waals surface area contributed by atoms with Gasteiger partial charge in [-0.1, -0.05) is 12.1 Å². The van der Waals surface area contributed by atoms with Gasteiger partial charge in [0.25, 0.3) is 0 Å². The van der Waals surface area contributed by atoms with Crippen LogP contribution in [0, 0.1) is 6.92 Å². The maximum atomic E-state index is 11.9. The first-order chi connectivity index (χ1) is 12.7. The molecule has 0 amide bonds. The van der Waals surface area contributed by atoms with Crippen molar-refractivity contribution in [1.82, 2.24) is 0 Å². The zero-order chi connectivity index (χ0) is 19.5. The first-order valence-corrected chi connectivity index (χ1v) is 8.63. The maximum Gasteiger partial charge on any atom is 0.509 e. The van der Waals surface area contributed by atoms with Crippen LogP contribution in [-0.2, 0) is 18.9 Å². The summed E-state index contributed by atoms with van der Waals surface area (Å²) >= 11 is 0. The second-order valence-corrected chi connectivity index (χ2v) is 7.40. The third kappa shape index (κ3) is 2.67. The molecule has 0 spiro atoms. The van der Waals surface area contributed by atoms with Gasteiger partial charge in [0, 0.05) is 12.5 Å². The van der Waals surface area contributed by atoms with E-state index in [-0.39, 0.29) is 5.69 Å². The van der Waals surface area contributed by atoms with Crippen LogP contribution < -0.4 is 11.4 Å². The Morgan fingerprint density at radius 2 is 1.85 bits per heavy atom. The van der Waals surface area contributed by atoms with Gasteiger partial charge in [0.2, 0.25) is 0 Å². The molecule has 2 aliphatic heterocycles. The summed E-state index contributed by atoms with van der Waals surface area (Å²) in [4.78, 5) is 23.7. The fourth-order valence-corrected chi connectivity index (χ4v) is 4.03. The minimum absolute atomic E-state index is 0.0471. The van der Waals surface area contributed by atoms with Gasteiger partial charge in [0.15, 0.2) is 12.2 Å². The number of carbonyl (C=O) groups excluding carboxylic acids is 1. The van der Waals surface area contributed by atoms with Crippen molar-refractivity contribution in [1.29, 1.82) is 0 Å². The molecule has 4 rings (SSSR count). The molecule has 2 aliphatic rings. The number of fused-ring (bicyclic) bond motifs is 2. The van der Waals surface area contributed by atoms with Crippen LogP contribution >= 0.6 is 0 Å². The largest absolute Gasteiger partial charge is 0.509 e. The molecule has 8 nitrogen and oxygen atoms in total. The molecule has 2 N–H and O–H groups in total. The third-order valence-electron chi connectivity index (χ3n) is 5.28. The van der Waals surface area contributed by atoms with E-state index in [4.69, 9.17) is 29.1 Å². The van der Waals surface area contributed by atoms with Gasteiger partial charge in [-0.3, -0.25) is 0 Å². The number of nitrogen functional groups attached to an aromatic ring is 1. The molecule has 4 atom stereocenters. The van der Waals surface area contributed by atoms with Crippen molar-refractivity contribution in [2.45, 2.75) is 50.8 Å². The zero-order valence-corrected chi connectivity index (χ0v) is 15.5. The predicted molar refractivity (Wildman–Crippen MR) is 95.5 cm³/mol. The lowest BCUT2D eigenvalue weighted by atomic mass is 9.84. The summed E-state index contributed by atoms with van der Waals surface area (Å²) in [5.41, 5.74) is 6.23. The second-order valence-electron chi connectivity index (χ2n) is 7.40. The number of rotatable bonds is 2. The van der Waals surface area contributed by atoms with Crippen LogP contribution in [0.5, 0.6) is 0 Å². The smallest absolute Gasteiger partial charge is 0.424 e. The summed E-state index contributed by atoms with van der Waals surface area (Å²) < 4.78 is 27.9. The number of nitrogens with two attached hydrogens (primary N) is 1. The molecule has 2 fully saturated rings.